The van der Waals surface area contributed by atoms with E-state index in [2.05, 4.69) is 439 Å². The number of para-hydroxylation sites is 7. The van der Waals surface area contributed by atoms with Gasteiger partial charge in [-0.25, -0.2) is 0 Å². The van der Waals surface area contributed by atoms with Gasteiger partial charge in [0.05, 0.1) is 16.8 Å². The van der Waals surface area contributed by atoms with Crippen molar-refractivity contribution < 1.29 is 26.5 Å². The SMILES string of the molecule is c1ccc(-c2cccc(N(c3ccc4c(c3)oc3ccccc34)c3ccc4ccc5ccc6oc7ccccc7c6c5c4c3)c2)cc1.c1ccc(-c2cccc(N(c3ccc4ccc5ccc6oc7ccccc7c6c5c4c3)c3cccc4c3oc3ccccc34)c2)cc1.c1ccc(-c2cccc(N(c3ccc4ccc5ccc6oc7ccccc7c6c5c4c3)c3cccc4oc5ccccc5c34)c2)cc1. The lowest BCUT2D eigenvalue weighted by Gasteiger charge is -2.27. The molecule has 0 bridgehead atoms. The van der Waals surface area contributed by atoms with Gasteiger partial charge in [0.2, 0.25) is 0 Å². The van der Waals surface area contributed by atoms with Crippen molar-refractivity contribution in [1.82, 2.24) is 0 Å². The Bertz CT molecular complexity index is 10300. The molecule has 0 N–H and O–H groups in total. The van der Waals surface area contributed by atoms with Gasteiger partial charge < -0.3 is 41.2 Å². The van der Waals surface area contributed by atoms with E-state index < -0.39 is 0 Å². The average Bonchev–Trinajstić information content (AvgIpc) is 1.64. The van der Waals surface area contributed by atoms with Gasteiger partial charge in [0, 0.05) is 121 Å². The molecule has 30 rings (SSSR count). The lowest BCUT2D eigenvalue weighted by atomic mass is 9.96. The Kier molecular flexibility index (Phi) is 18.8. The molecule has 9 heteroatoms. The zero-order valence-corrected chi connectivity index (χ0v) is 76.1. The summed E-state index contributed by atoms with van der Waals surface area (Å²) in [6.07, 6.45) is 0. The standard InChI is InChI=1S/3C44H27NO2/c1-2-10-28(11-3-1)31-12-8-13-32(26-31)45(38-17-9-16-35-34-14-4-6-18-39(34)47-44(35)38)33-24-22-29-20-21-30-23-25-41-43(42(30)37(29)27-33)36-15-5-7-19-40(36)46-41;1-2-10-28(11-3-1)31-12-8-13-32(26-31)45(37-16-9-19-40-43(37)34-14-4-6-17-38(34)46-40)33-24-22-29-20-21-30-23-25-41-44(42(30)36(29)27-33)35-15-5-7-18-39(35)47-41;1-2-9-28(10-3-1)31-11-8-12-32(25-31)45(34-22-23-36-35-13-4-6-15-39(35)47-42(36)27-34)33-21-19-29-17-18-30-20-24-41-44(43(30)38(29)26-33)37-14-5-7-16-40(37)46-41/h3*1-27H. The summed E-state index contributed by atoms with van der Waals surface area (Å²) in [7, 11) is 0. The van der Waals surface area contributed by atoms with Crippen molar-refractivity contribution in [2.24, 2.45) is 0 Å². The van der Waals surface area contributed by atoms with Crippen molar-refractivity contribution in [3.8, 4) is 33.4 Å². The molecule has 6 heterocycles. The maximum absolute atomic E-state index is 6.62. The molecule has 0 radical (unpaired) electrons. The number of nitrogens with zero attached hydrogens (tertiary/aromatic N) is 3. The topological polar surface area (TPSA) is 88.6 Å². The molecule has 0 saturated heterocycles. The van der Waals surface area contributed by atoms with Crippen LogP contribution in [0, 0.1) is 0 Å². The van der Waals surface area contributed by atoms with Crippen LogP contribution in [0.4, 0.5) is 51.2 Å². The van der Waals surface area contributed by atoms with Crippen molar-refractivity contribution >= 4 is 247 Å². The highest BCUT2D eigenvalue weighted by molar-refractivity contribution is 6.31. The average molecular weight is 1810 g/mol. The molecule has 0 saturated carbocycles. The van der Waals surface area contributed by atoms with E-state index in [1.54, 1.807) is 0 Å². The zero-order chi connectivity index (χ0) is 92.7. The van der Waals surface area contributed by atoms with E-state index in [1.165, 1.54) is 81.3 Å². The maximum Gasteiger partial charge on any atom is 0.159 e. The highest BCUT2D eigenvalue weighted by Gasteiger charge is 2.27. The van der Waals surface area contributed by atoms with Gasteiger partial charge in [-0.3, -0.25) is 0 Å². The maximum atomic E-state index is 6.62. The summed E-state index contributed by atoms with van der Waals surface area (Å²) in [4.78, 5) is 7.05. The van der Waals surface area contributed by atoms with Crippen LogP contribution in [0.25, 0.3) is 230 Å². The fourth-order valence-electron chi connectivity index (χ4n) is 21.8. The van der Waals surface area contributed by atoms with Crippen molar-refractivity contribution in [2.75, 3.05) is 14.7 Å². The fourth-order valence-corrected chi connectivity index (χ4v) is 21.8. The van der Waals surface area contributed by atoms with Crippen LogP contribution >= 0.6 is 0 Å². The highest BCUT2D eigenvalue weighted by atomic mass is 16.3. The van der Waals surface area contributed by atoms with E-state index in [0.717, 1.165) is 200 Å². The van der Waals surface area contributed by atoms with Crippen LogP contribution in [-0.4, -0.2) is 0 Å². The van der Waals surface area contributed by atoms with E-state index in [1.807, 2.05) is 66.7 Å². The summed E-state index contributed by atoms with van der Waals surface area (Å²) in [5, 5.41) is 27.8. The number of hydrogen-bond acceptors (Lipinski definition) is 9. The fraction of sp³-hybridized carbons (Fsp3) is 0. The second-order valence-electron chi connectivity index (χ2n) is 36.4. The number of benzene rings is 24. The van der Waals surface area contributed by atoms with Crippen molar-refractivity contribution in [3.05, 3.63) is 491 Å². The Balaban J connectivity index is 0.000000104. The van der Waals surface area contributed by atoms with Crippen molar-refractivity contribution in [1.29, 1.82) is 0 Å². The smallest absolute Gasteiger partial charge is 0.159 e. The Morgan fingerprint density at radius 2 is 0.383 bits per heavy atom. The molecule has 0 fully saturated rings. The molecule has 0 unspecified atom stereocenters. The molecular weight excluding hydrogens is 1720 g/mol. The minimum absolute atomic E-state index is 0.861. The molecule has 9 nitrogen and oxygen atoms in total. The summed E-state index contributed by atoms with van der Waals surface area (Å²) in [6.45, 7) is 0. The Morgan fingerprint density at radius 3 is 0.823 bits per heavy atom. The Labute approximate surface area is 807 Å². The Morgan fingerprint density at radius 1 is 0.121 bits per heavy atom. The number of furan rings is 6. The highest BCUT2D eigenvalue weighted by Crippen LogP contribution is 2.52. The first-order chi connectivity index (χ1) is 69.9. The molecule has 0 amide bonds. The van der Waals surface area contributed by atoms with Crippen LogP contribution in [-0.2, 0) is 0 Å². The third kappa shape index (κ3) is 13.6. The number of rotatable bonds is 12. The van der Waals surface area contributed by atoms with Crippen LogP contribution in [0.5, 0.6) is 0 Å². The first kappa shape index (κ1) is 80.5. The lowest BCUT2D eigenvalue weighted by Crippen LogP contribution is -2.10. The molecule has 0 aliphatic rings. The van der Waals surface area contributed by atoms with E-state index in [4.69, 9.17) is 26.5 Å². The second-order valence-corrected chi connectivity index (χ2v) is 36.4. The van der Waals surface area contributed by atoms with E-state index in [-0.39, 0.29) is 0 Å². The quantitative estimate of drug-likeness (QED) is 0.111. The monoisotopic (exact) mass is 1800 g/mol. The molecule has 0 spiro atoms. The van der Waals surface area contributed by atoms with Crippen LogP contribution in [0.15, 0.2) is 518 Å². The first-order valence-corrected chi connectivity index (χ1v) is 47.8. The molecular formula is C132H81N3O6. The van der Waals surface area contributed by atoms with Crippen LogP contribution in [0.1, 0.15) is 0 Å². The molecule has 0 aliphatic carbocycles. The van der Waals surface area contributed by atoms with Crippen molar-refractivity contribution in [3.63, 3.8) is 0 Å². The second kappa shape index (κ2) is 33.0. The number of anilines is 9. The molecule has 6 aromatic heterocycles. The Hall–Kier alpha value is -19.0. The largest absolute Gasteiger partial charge is 0.456 e. The van der Waals surface area contributed by atoms with Crippen LogP contribution in [0.2, 0.25) is 0 Å². The zero-order valence-electron chi connectivity index (χ0n) is 76.1. The van der Waals surface area contributed by atoms with Gasteiger partial charge in [-0.15, -0.1) is 0 Å². The van der Waals surface area contributed by atoms with Crippen LogP contribution in [0.3, 0.4) is 0 Å². The normalized spacial score (nSPS) is 11.8. The third-order valence-electron chi connectivity index (χ3n) is 28.2. The summed E-state index contributed by atoms with van der Waals surface area (Å²) >= 11 is 0. The molecule has 141 heavy (non-hydrogen) atoms. The summed E-state index contributed by atoms with van der Waals surface area (Å²) in [6, 6.07) is 174. The lowest BCUT2D eigenvalue weighted by molar-refractivity contribution is 0.668. The minimum atomic E-state index is 0.861. The van der Waals surface area contributed by atoms with Crippen LogP contribution < -0.4 is 14.7 Å². The van der Waals surface area contributed by atoms with E-state index in [0.29, 0.717) is 0 Å². The van der Waals surface area contributed by atoms with Gasteiger partial charge in [0.25, 0.3) is 0 Å². The predicted octanol–water partition coefficient (Wildman–Crippen LogP) is 38.8. The van der Waals surface area contributed by atoms with Gasteiger partial charge in [0.1, 0.15) is 61.4 Å². The summed E-state index contributed by atoms with van der Waals surface area (Å²) in [5.41, 5.74) is 27.1. The molecule has 0 aliphatic heterocycles. The van der Waals surface area contributed by atoms with E-state index >= 15 is 0 Å². The number of hydrogen-bond donors (Lipinski definition) is 0. The first-order valence-electron chi connectivity index (χ1n) is 47.8. The van der Waals surface area contributed by atoms with Gasteiger partial charge in [-0.05, 0) is 240 Å². The van der Waals surface area contributed by atoms with Gasteiger partial charge >= 0.3 is 0 Å². The molecule has 660 valence electrons. The summed E-state index contributed by atoms with van der Waals surface area (Å²) < 4.78 is 38.4. The van der Waals surface area contributed by atoms with Gasteiger partial charge in [-0.1, -0.05) is 328 Å². The molecule has 24 aromatic carbocycles. The summed E-state index contributed by atoms with van der Waals surface area (Å²) in [5.74, 6) is 0. The van der Waals surface area contributed by atoms with E-state index in [9.17, 15) is 0 Å². The third-order valence-corrected chi connectivity index (χ3v) is 28.2. The van der Waals surface area contributed by atoms with Gasteiger partial charge in [0.15, 0.2) is 5.58 Å². The predicted molar refractivity (Wildman–Crippen MR) is 588 cm³/mol. The van der Waals surface area contributed by atoms with Crippen molar-refractivity contribution in [2.45, 2.75) is 0 Å². The number of fused-ring (bicyclic) bond motifs is 30. The molecule has 0 atom stereocenters. The van der Waals surface area contributed by atoms with Gasteiger partial charge in [-0.2, -0.15) is 0 Å². The minimum Gasteiger partial charge on any atom is -0.456 e. The molecule has 30 aromatic rings.